The molecule has 0 radical (unpaired) electrons. The Balaban J connectivity index is 3.01. The van der Waals surface area contributed by atoms with Crippen molar-refractivity contribution in [3.8, 4) is 0 Å². The Morgan fingerprint density at radius 3 is 2.48 bits per heavy atom. The number of nitrogens with one attached hydrogen (secondary N) is 1. The Kier molecular flexibility index (Phi) is 8.52. The highest BCUT2D eigenvalue weighted by Gasteiger charge is 2.25. The van der Waals surface area contributed by atoms with Gasteiger partial charge in [-0.2, -0.15) is 5.10 Å². The van der Waals surface area contributed by atoms with Crippen LogP contribution in [0.5, 0.6) is 0 Å². The van der Waals surface area contributed by atoms with E-state index >= 15 is 0 Å². The van der Waals surface area contributed by atoms with Crippen LogP contribution in [0.2, 0.25) is 0 Å². The van der Waals surface area contributed by atoms with Crippen LogP contribution in [0.1, 0.15) is 51.8 Å². The first kappa shape index (κ1) is 18.7. The molecule has 1 atom stereocenters. The third-order valence-corrected chi connectivity index (χ3v) is 4.63. The SMILES string of the molecule is CCCNC(c1c(Br)cnn1CCN(C)C)C(CC)CC. The van der Waals surface area contributed by atoms with Gasteiger partial charge in [0.25, 0.3) is 0 Å². The Morgan fingerprint density at radius 2 is 1.95 bits per heavy atom. The Hall–Kier alpha value is -0.390. The number of likely N-dealkylation sites (N-methyl/N-ethyl adjacent to an activating group) is 1. The minimum absolute atomic E-state index is 0.374. The molecule has 0 spiro atoms. The predicted octanol–water partition coefficient (Wildman–Crippen LogP) is 3.68. The molecule has 1 heterocycles. The molecule has 1 rings (SSSR count). The summed E-state index contributed by atoms with van der Waals surface area (Å²) in [6.45, 7) is 9.76. The molecular weight excluding hydrogens is 328 g/mol. The van der Waals surface area contributed by atoms with E-state index in [1.165, 1.54) is 18.5 Å². The van der Waals surface area contributed by atoms with Gasteiger partial charge < -0.3 is 10.2 Å². The molecule has 1 unspecified atom stereocenters. The fraction of sp³-hybridized carbons (Fsp3) is 0.812. The fourth-order valence-electron chi connectivity index (χ4n) is 2.70. The van der Waals surface area contributed by atoms with Crippen LogP contribution in [-0.2, 0) is 6.54 Å². The molecule has 0 aliphatic carbocycles. The summed E-state index contributed by atoms with van der Waals surface area (Å²) in [7, 11) is 4.21. The van der Waals surface area contributed by atoms with Gasteiger partial charge in [-0.15, -0.1) is 0 Å². The molecule has 1 aromatic rings. The molecule has 0 aliphatic rings. The third-order valence-electron chi connectivity index (χ3n) is 4.02. The van der Waals surface area contributed by atoms with Crippen molar-refractivity contribution in [3.05, 3.63) is 16.4 Å². The maximum atomic E-state index is 4.57. The number of nitrogens with zero attached hydrogens (tertiary/aromatic N) is 3. The van der Waals surface area contributed by atoms with Crippen LogP contribution in [0.3, 0.4) is 0 Å². The summed E-state index contributed by atoms with van der Waals surface area (Å²) in [5.74, 6) is 0.641. The van der Waals surface area contributed by atoms with Gasteiger partial charge >= 0.3 is 0 Å². The first-order valence-electron chi connectivity index (χ1n) is 8.14. The molecule has 0 saturated heterocycles. The van der Waals surface area contributed by atoms with E-state index < -0.39 is 0 Å². The summed E-state index contributed by atoms with van der Waals surface area (Å²) in [5, 5.41) is 8.31. The third kappa shape index (κ3) is 5.38. The first-order chi connectivity index (χ1) is 10.0. The van der Waals surface area contributed by atoms with Gasteiger partial charge in [0.05, 0.1) is 29.0 Å². The average Bonchev–Trinajstić information content (AvgIpc) is 2.82. The Bertz CT molecular complexity index is 399. The molecule has 1 N–H and O–H groups in total. The van der Waals surface area contributed by atoms with Gasteiger partial charge in [0.2, 0.25) is 0 Å². The molecule has 0 aromatic carbocycles. The van der Waals surface area contributed by atoms with Crippen molar-refractivity contribution in [3.63, 3.8) is 0 Å². The van der Waals surface area contributed by atoms with Gasteiger partial charge in [0, 0.05) is 6.54 Å². The lowest BCUT2D eigenvalue weighted by molar-refractivity contribution is 0.310. The van der Waals surface area contributed by atoms with Crippen molar-refractivity contribution in [1.29, 1.82) is 0 Å². The van der Waals surface area contributed by atoms with Gasteiger partial charge in [-0.1, -0.05) is 33.6 Å². The standard InChI is InChI=1S/C16H31BrN4/c1-6-9-18-15(13(7-2)8-3)16-14(17)12-19-21(16)11-10-20(4)5/h12-13,15,18H,6-11H2,1-5H3. The molecule has 0 saturated carbocycles. The second-order valence-corrected chi connectivity index (χ2v) is 6.77. The normalized spacial score (nSPS) is 13.3. The molecular formula is C16H31BrN4. The molecule has 1 aromatic heterocycles. The average molecular weight is 359 g/mol. The van der Waals surface area contributed by atoms with Gasteiger partial charge in [-0.25, -0.2) is 0 Å². The summed E-state index contributed by atoms with van der Waals surface area (Å²) in [4.78, 5) is 2.20. The van der Waals surface area contributed by atoms with Crippen LogP contribution in [-0.4, -0.2) is 41.9 Å². The zero-order valence-corrected chi connectivity index (χ0v) is 15.8. The lowest BCUT2D eigenvalue weighted by Gasteiger charge is -2.28. The number of hydrogen-bond acceptors (Lipinski definition) is 3. The first-order valence-corrected chi connectivity index (χ1v) is 8.93. The van der Waals surface area contributed by atoms with E-state index in [0.717, 1.165) is 30.5 Å². The Labute approximate surface area is 138 Å². The summed E-state index contributed by atoms with van der Waals surface area (Å²) in [5.41, 5.74) is 1.30. The van der Waals surface area contributed by atoms with E-state index in [0.29, 0.717) is 12.0 Å². The molecule has 0 amide bonds. The molecule has 0 bridgehead atoms. The molecule has 21 heavy (non-hydrogen) atoms. The zero-order chi connectivity index (χ0) is 15.8. The maximum absolute atomic E-state index is 4.57. The lowest BCUT2D eigenvalue weighted by atomic mass is 9.91. The molecule has 0 fully saturated rings. The van der Waals surface area contributed by atoms with Crippen molar-refractivity contribution in [2.75, 3.05) is 27.2 Å². The smallest absolute Gasteiger partial charge is 0.0699 e. The van der Waals surface area contributed by atoms with Crippen molar-refractivity contribution in [1.82, 2.24) is 20.0 Å². The van der Waals surface area contributed by atoms with E-state index in [1.807, 2.05) is 6.20 Å². The monoisotopic (exact) mass is 358 g/mol. The van der Waals surface area contributed by atoms with Crippen LogP contribution >= 0.6 is 15.9 Å². The Morgan fingerprint density at radius 1 is 1.29 bits per heavy atom. The summed E-state index contributed by atoms with van der Waals surface area (Å²) >= 11 is 3.71. The van der Waals surface area contributed by atoms with E-state index in [2.05, 4.69) is 70.8 Å². The van der Waals surface area contributed by atoms with Crippen molar-refractivity contribution in [2.24, 2.45) is 5.92 Å². The molecule has 0 aliphatic heterocycles. The maximum Gasteiger partial charge on any atom is 0.0699 e. The second-order valence-electron chi connectivity index (χ2n) is 5.91. The minimum Gasteiger partial charge on any atom is -0.308 e. The van der Waals surface area contributed by atoms with Crippen molar-refractivity contribution < 1.29 is 0 Å². The number of hydrogen-bond donors (Lipinski definition) is 1. The van der Waals surface area contributed by atoms with Crippen LogP contribution in [0.25, 0.3) is 0 Å². The topological polar surface area (TPSA) is 33.1 Å². The van der Waals surface area contributed by atoms with E-state index in [9.17, 15) is 0 Å². The van der Waals surface area contributed by atoms with Gasteiger partial charge in [0.15, 0.2) is 0 Å². The highest BCUT2D eigenvalue weighted by molar-refractivity contribution is 9.10. The fourth-order valence-corrected chi connectivity index (χ4v) is 3.24. The number of halogens is 1. The second kappa shape index (κ2) is 9.59. The van der Waals surface area contributed by atoms with Crippen molar-refractivity contribution in [2.45, 2.75) is 52.6 Å². The number of rotatable bonds is 10. The van der Waals surface area contributed by atoms with Crippen LogP contribution in [0.15, 0.2) is 10.7 Å². The summed E-state index contributed by atoms with van der Waals surface area (Å²) in [6, 6.07) is 0.374. The van der Waals surface area contributed by atoms with Crippen LogP contribution < -0.4 is 5.32 Å². The summed E-state index contributed by atoms with van der Waals surface area (Å²) < 4.78 is 3.29. The molecule has 5 heteroatoms. The minimum atomic E-state index is 0.374. The number of aromatic nitrogens is 2. The summed E-state index contributed by atoms with van der Waals surface area (Å²) in [6.07, 6.45) is 5.46. The molecule has 4 nitrogen and oxygen atoms in total. The van der Waals surface area contributed by atoms with Gasteiger partial charge in [-0.3, -0.25) is 4.68 Å². The quantitative estimate of drug-likeness (QED) is 0.692. The van der Waals surface area contributed by atoms with E-state index in [4.69, 9.17) is 0 Å². The van der Waals surface area contributed by atoms with Gasteiger partial charge in [-0.05, 0) is 48.9 Å². The zero-order valence-electron chi connectivity index (χ0n) is 14.2. The van der Waals surface area contributed by atoms with Crippen LogP contribution in [0.4, 0.5) is 0 Å². The van der Waals surface area contributed by atoms with Crippen molar-refractivity contribution >= 4 is 15.9 Å². The highest BCUT2D eigenvalue weighted by Crippen LogP contribution is 2.32. The van der Waals surface area contributed by atoms with E-state index in [-0.39, 0.29) is 0 Å². The van der Waals surface area contributed by atoms with Gasteiger partial charge in [0.1, 0.15) is 0 Å². The predicted molar refractivity (Wildman–Crippen MR) is 93.6 cm³/mol. The largest absolute Gasteiger partial charge is 0.308 e. The van der Waals surface area contributed by atoms with E-state index in [1.54, 1.807) is 0 Å². The highest BCUT2D eigenvalue weighted by atomic mass is 79.9. The van der Waals surface area contributed by atoms with Crippen LogP contribution in [0, 0.1) is 5.92 Å². The lowest BCUT2D eigenvalue weighted by Crippen LogP contribution is -2.32. The molecule has 122 valence electrons.